The van der Waals surface area contributed by atoms with Gasteiger partial charge in [0.2, 0.25) is 0 Å². The number of thiocarbonyl (C=S) groups is 2. The Morgan fingerprint density at radius 1 is 0.727 bits per heavy atom. The van der Waals surface area contributed by atoms with Gasteiger partial charge in [0.15, 0.2) is 5.11 Å². The van der Waals surface area contributed by atoms with Gasteiger partial charge < -0.3 is 25.0 Å². The van der Waals surface area contributed by atoms with E-state index in [1.807, 2.05) is 9.80 Å². The van der Waals surface area contributed by atoms with Gasteiger partial charge in [0.1, 0.15) is 23.8 Å². The Labute approximate surface area is 405 Å². The van der Waals surface area contributed by atoms with E-state index in [2.05, 4.69) is 22.4 Å². The Bertz CT molecular complexity index is 2480. The Hall–Kier alpha value is -4.93. The maximum atomic E-state index is 14.5. The van der Waals surface area contributed by atoms with Crippen LogP contribution in [-0.4, -0.2) is 133 Å². The lowest BCUT2D eigenvalue weighted by Crippen LogP contribution is -2.38. The highest BCUT2D eigenvalue weighted by atomic mass is 35.5. The third kappa shape index (κ3) is 14.5. The molecule has 2 N–H and O–H groups in total. The van der Waals surface area contributed by atoms with E-state index in [-0.39, 0.29) is 48.2 Å². The number of nitrogens with two attached hydrogens (primary N) is 1. The molecule has 4 aromatic rings. The summed E-state index contributed by atoms with van der Waals surface area (Å²) in [5, 5.41) is 2.58. The van der Waals surface area contributed by atoms with Crippen LogP contribution in [0.5, 0.6) is 0 Å². The van der Waals surface area contributed by atoms with Crippen LogP contribution < -0.4 is 36.5 Å². The molecule has 8 rings (SSSR count). The van der Waals surface area contributed by atoms with Gasteiger partial charge in [-0.3, -0.25) is 36.9 Å². The standard InChI is InChI=1S/C15H16FN3O3S2.C14H18FN3O3S.C11H8N2O2S.CH2Cl2.CH4/c16-13-7-11(19-9-12(8-17-10-23)22-15(19)20)1-2-14(13)18-3-5-24(21)6-4-18;15-12-7-10(18-9-11(8-16)21-14(18)19)1-2-13(12)17-3-5-22(20)6-4-17;14-9-5-1-3-7-12(9)11(16)13-8-4-2-6-10(13)15;2-1-3;/h1-2,7,12H,3-6,8-9H2;1-2,7,11H,3-6,8-9,16H2;1-8H;1H2;1H4/t12-;11-;;;/m00.../s1. The molecule has 0 unspecified atom stereocenters. The average molecular weight is 1030 g/mol. The molecule has 4 aliphatic heterocycles. The number of aromatic nitrogens is 2. The van der Waals surface area contributed by atoms with E-state index in [1.54, 1.807) is 48.5 Å². The van der Waals surface area contributed by atoms with Gasteiger partial charge in [0.05, 0.1) is 52.9 Å². The number of amides is 2. The van der Waals surface area contributed by atoms with Crippen LogP contribution in [0.2, 0.25) is 0 Å². The van der Waals surface area contributed by atoms with Gasteiger partial charge in [0.25, 0.3) is 11.1 Å². The second-order valence-electron chi connectivity index (χ2n) is 14.0. The van der Waals surface area contributed by atoms with Crippen LogP contribution in [0.25, 0.3) is 0 Å². The molecule has 4 aliphatic rings. The number of carbonyl (C=O) groups is 2. The Morgan fingerprint density at radius 2 is 1.14 bits per heavy atom. The third-order valence-corrected chi connectivity index (χ3v) is 13.0. The SMILES string of the molecule is C.ClCCl.NC[C@H]1CN(c2ccc(N3CCS(=O)CC3)c(F)c2)C(=O)O1.O=C1O[C@@H](CN=C=S)CN1c1ccc(N2CCS(=O)CC2)c(F)c1.O=c1ccccn1C(=S)n1ccccc1=O. The van der Waals surface area contributed by atoms with Gasteiger partial charge >= 0.3 is 12.2 Å². The predicted molar refractivity (Wildman–Crippen MR) is 265 cm³/mol. The molecule has 2 atom stereocenters. The number of halogens is 4. The number of pyridine rings is 2. The van der Waals surface area contributed by atoms with Crippen LogP contribution >= 0.6 is 47.6 Å². The second kappa shape index (κ2) is 26.4. The van der Waals surface area contributed by atoms with Crippen LogP contribution in [0.4, 0.5) is 41.1 Å². The van der Waals surface area contributed by atoms with Crippen molar-refractivity contribution in [2.45, 2.75) is 19.6 Å². The number of anilines is 4. The molecule has 2 aromatic carbocycles. The van der Waals surface area contributed by atoms with Crippen LogP contribution in [0, 0.1) is 11.6 Å². The highest BCUT2D eigenvalue weighted by Crippen LogP contribution is 2.30. The number of cyclic esters (lactones) is 2. The van der Waals surface area contributed by atoms with Crippen LogP contribution in [0.3, 0.4) is 0 Å². The van der Waals surface area contributed by atoms with Crippen molar-refractivity contribution in [1.29, 1.82) is 0 Å². The van der Waals surface area contributed by atoms with E-state index in [9.17, 15) is 36.4 Å². The van der Waals surface area contributed by atoms with Gasteiger partial charge in [-0.15, -0.1) is 23.2 Å². The van der Waals surface area contributed by atoms with E-state index < -0.39 is 51.5 Å². The summed E-state index contributed by atoms with van der Waals surface area (Å²) in [5.74, 6) is 1.39. The van der Waals surface area contributed by atoms with Crippen molar-refractivity contribution in [3.63, 3.8) is 0 Å². The number of nitrogens with zero attached hydrogens (tertiary/aromatic N) is 7. The first-order valence-corrected chi connectivity index (χ1v) is 24.7. The Morgan fingerprint density at radius 3 is 1.50 bits per heavy atom. The smallest absolute Gasteiger partial charge is 0.414 e. The van der Waals surface area contributed by atoms with E-state index >= 15 is 0 Å². The van der Waals surface area contributed by atoms with Crippen molar-refractivity contribution in [1.82, 2.24) is 9.13 Å². The molecule has 4 fully saturated rings. The highest BCUT2D eigenvalue weighted by molar-refractivity contribution is 7.85. The number of ether oxygens (including phenoxy) is 2. The first kappa shape index (κ1) is 53.7. The molecule has 16 nitrogen and oxygen atoms in total. The zero-order valence-electron chi connectivity index (χ0n) is 34.5. The van der Waals surface area contributed by atoms with Crippen molar-refractivity contribution in [2.24, 2.45) is 10.7 Å². The molecular formula is C42H48Cl2F2N8O8S4. The quantitative estimate of drug-likeness (QED) is 0.144. The zero-order valence-corrected chi connectivity index (χ0v) is 39.3. The third-order valence-electron chi connectivity index (χ3n) is 9.95. The van der Waals surface area contributed by atoms with Gasteiger partial charge in [0, 0.05) is 102 Å². The summed E-state index contributed by atoms with van der Waals surface area (Å²) in [6.45, 7) is 3.38. The lowest BCUT2D eigenvalue weighted by Gasteiger charge is -2.29. The number of alkyl halides is 2. The number of isothiocyanates is 1. The number of rotatable bonds is 7. The second-order valence-corrected chi connectivity index (χ2v) is 18.8. The zero-order chi connectivity index (χ0) is 47.0. The van der Waals surface area contributed by atoms with Crippen LogP contribution in [-0.2, 0) is 31.1 Å². The van der Waals surface area contributed by atoms with Gasteiger partial charge in [-0.1, -0.05) is 19.6 Å². The van der Waals surface area contributed by atoms with Crippen molar-refractivity contribution >= 4 is 114 Å². The highest BCUT2D eigenvalue weighted by Gasteiger charge is 2.34. The summed E-state index contributed by atoms with van der Waals surface area (Å²) in [4.78, 5) is 57.0. The van der Waals surface area contributed by atoms with Gasteiger partial charge in [-0.05, 0) is 73.0 Å². The summed E-state index contributed by atoms with van der Waals surface area (Å²) in [5.41, 5.74) is 6.81. The van der Waals surface area contributed by atoms with Crippen molar-refractivity contribution in [3.8, 4) is 0 Å². The Balaban J connectivity index is 0.000000212. The molecule has 0 radical (unpaired) electrons. The van der Waals surface area contributed by atoms with Crippen molar-refractivity contribution in [2.75, 3.05) is 100 Å². The fraction of sp³-hybridized carbons (Fsp3) is 0.381. The molecule has 0 aliphatic carbocycles. The molecule has 4 saturated heterocycles. The van der Waals surface area contributed by atoms with Crippen LogP contribution in [0.1, 0.15) is 7.43 Å². The fourth-order valence-corrected chi connectivity index (χ4v) is 9.19. The summed E-state index contributed by atoms with van der Waals surface area (Å²) < 4.78 is 64.4. The lowest BCUT2D eigenvalue weighted by molar-refractivity contribution is 0.144. The van der Waals surface area contributed by atoms with E-state index in [0.29, 0.717) is 85.0 Å². The monoisotopic (exact) mass is 1030 g/mol. The number of carbonyl (C=O) groups excluding carboxylic acids is 2. The van der Waals surface area contributed by atoms with Crippen LogP contribution in [0.15, 0.2) is 99.8 Å². The summed E-state index contributed by atoms with van der Waals surface area (Å²) in [6.07, 6.45) is 1.27. The largest absolute Gasteiger partial charge is 0.443 e. The van der Waals surface area contributed by atoms with E-state index in [4.69, 9.17) is 50.6 Å². The normalized spacial score (nSPS) is 18.2. The average Bonchev–Trinajstić information content (AvgIpc) is 3.88. The molecule has 0 spiro atoms. The van der Waals surface area contributed by atoms with E-state index in [0.717, 1.165) is 0 Å². The predicted octanol–water partition coefficient (Wildman–Crippen LogP) is 5.25. The number of aliphatic imine (C=N–C) groups is 1. The number of hydrogen-bond acceptors (Lipinski definition) is 14. The topological polar surface area (TPSA) is 182 Å². The fourth-order valence-electron chi connectivity index (χ4n) is 6.71. The summed E-state index contributed by atoms with van der Waals surface area (Å²) in [7, 11) is -1.62. The van der Waals surface area contributed by atoms with Crippen molar-refractivity contribution in [3.05, 3.63) is 118 Å². The van der Waals surface area contributed by atoms with E-state index in [1.165, 1.54) is 55.6 Å². The molecule has 66 heavy (non-hydrogen) atoms. The number of benzene rings is 2. The molecule has 24 heteroatoms. The minimum Gasteiger partial charge on any atom is -0.443 e. The maximum absolute atomic E-state index is 14.5. The maximum Gasteiger partial charge on any atom is 0.414 e. The minimum absolute atomic E-state index is 0. The molecule has 2 aromatic heterocycles. The molecular weight excluding hydrogens is 982 g/mol. The first-order valence-electron chi connectivity index (χ1n) is 19.8. The molecule has 2 amide bonds. The van der Waals surface area contributed by atoms with Crippen molar-refractivity contribution < 1.29 is 36.3 Å². The van der Waals surface area contributed by atoms with Gasteiger partial charge in [-0.25, -0.2) is 23.4 Å². The first-order chi connectivity index (χ1) is 31.3. The number of hydrogen-bond donors (Lipinski definition) is 1. The summed E-state index contributed by atoms with van der Waals surface area (Å²) in [6, 6.07) is 18.7. The molecule has 6 heterocycles. The molecule has 0 bridgehead atoms. The minimum atomic E-state index is -0.814. The van der Waals surface area contributed by atoms with Gasteiger partial charge in [-0.2, -0.15) is 0 Å². The lowest BCUT2D eigenvalue weighted by atomic mass is 10.2. The molecule has 0 saturated carbocycles. The molecule has 356 valence electrons. The summed E-state index contributed by atoms with van der Waals surface area (Å²) >= 11 is 19.1. The Kier molecular flexibility index (Phi) is 21.5.